The molecule has 4 rings (SSSR count). The van der Waals surface area contributed by atoms with E-state index in [-0.39, 0.29) is 6.04 Å². The van der Waals surface area contributed by atoms with Gasteiger partial charge in [-0.25, -0.2) is 0 Å². The first kappa shape index (κ1) is 24.0. The molecule has 0 aromatic heterocycles. The van der Waals surface area contributed by atoms with Gasteiger partial charge in [0.05, 0.1) is 26.4 Å². The molecular formula is C26H35N2O4P. The Morgan fingerprint density at radius 2 is 1.91 bits per heavy atom. The summed E-state index contributed by atoms with van der Waals surface area (Å²) in [7, 11) is 4.42. The standard InChI is InChI=1S/C26H35N2O4P/c1-30-21-8-10-22(11-9-21)31-15-4-5-25(33)27-23(18-28-13-2-3-14-28)26(29)20-7-6-19-12-16-32-24(19)17-20/h6-11,17,23,26,29H,2-5,12-16,18,33H2,1H3/t23-,26-/m1/s1. The lowest BCUT2D eigenvalue weighted by atomic mass is 10.00. The number of benzene rings is 2. The summed E-state index contributed by atoms with van der Waals surface area (Å²) >= 11 is 0. The predicted octanol–water partition coefficient (Wildman–Crippen LogP) is 4.26. The van der Waals surface area contributed by atoms with Gasteiger partial charge in [-0.15, -0.1) is 0 Å². The Labute approximate surface area is 199 Å². The van der Waals surface area contributed by atoms with Crippen molar-refractivity contribution in [2.24, 2.45) is 4.99 Å². The zero-order chi connectivity index (χ0) is 23.0. The van der Waals surface area contributed by atoms with Crippen LogP contribution < -0.4 is 14.2 Å². The number of hydrogen-bond donors (Lipinski definition) is 1. The minimum Gasteiger partial charge on any atom is -0.497 e. The highest BCUT2D eigenvalue weighted by Crippen LogP contribution is 2.31. The number of likely N-dealkylation sites (tertiary alicyclic amines) is 1. The SMILES string of the molecule is COc1ccc(OCCCC(P)=N[C@H](CN2CCCC2)[C@H](O)c2ccc3c(c2)OCC3)cc1. The number of ether oxygens (including phenoxy) is 3. The lowest BCUT2D eigenvalue weighted by Crippen LogP contribution is -2.33. The first-order chi connectivity index (χ1) is 16.1. The molecule has 7 heteroatoms. The van der Waals surface area contributed by atoms with E-state index in [1.54, 1.807) is 7.11 Å². The van der Waals surface area contributed by atoms with Gasteiger partial charge in [0.15, 0.2) is 0 Å². The Morgan fingerprint density at radius 1 is 1.15 bits per heavy atom. The lowest BCUT2D eigenvalue weighted by molar-refractivity contribution is 0.126. The summed E-state index contributed by atoms with van der Waals surface area (Å²) in [6, 6.07) is 13.5. The van der Waals surface area contributed by atoms with Gasteiger partial charge in [-0.2, -0.15) is 0 Å². The van der Waals surface area contributed by atoms with Gasteiger partial charge in [-0.05, 0) is 80.2 Å². The number of methoxy groups -OCH3 is 1. The fraction of sp³-hybridized carbons (Fsp3) is 0.500. The molecule has 0 bridgehead atoms. The third-order valence-corrected chi connectivity index (χ3v) is 6.74. The van der Waals surface area contributed by atoms with Crippen LogP contribution >= 0.6 is 9.24 Å². The highest BCUT2D eigenvalue weighted by atomic mass is 31.0. The number of fused-ring (bicyclic) bond motifs is 1. The molecule has 0 amide bonds. The van der Waals surface area contributed by atoms with Gasteiger partial charge in [0.2, 0.25) is 0 Å². The van der Waals surface area contributed by atoms with Gasteiger partial charge in [0, 0.05) is 18.4 Å². The molecule has 2 aliphatic heterocycles. The quantitative estimate of drug-likeness (QED) is 0.302. The molecule has 178 valence electrons. The van der Waals surface area contributed by atoms with Crippen molar-refractivity contribution in [3.63, 3.8) is 0 Å². The van der Waals surface area contributed by atoms with E-state index in [1.807, 2.05) is 36.4 Å². The molecule has 1 N–H and O–H groups in total. The zero-order valence-corrected chi connectivity index (χ0v) is 20.6. The monoisotopic (exact) mass is 470 g/mol. The smallest absolute Gasteiger partial charge is 0.122 e. The van der Waals surface area contributed by atoms with E-state index in [1.165, 1.54) is 18.4 Å². The Bertz CT molecular complexity index is 928. The van der Waals surface area contributed by atoms with Crippen molar-refractivity contribution < 1.29 is 19.3 Å². The van der Waals surface area contributed by atoms with Crippen LogP contribution in [0.3, 0.4) is 0 Å². The van der Waals surface area contributed by atoms with Crippen LogP contribution in [0.2, 0.25) is 0 Å². The van der Waals surface area contributed by atoms with Crippen LogP contribution in [0.1, 0.15) is 42.9 Å². The summed E-state index contributed by atoms with van der Waals surface area (Å²) in [4.78, 5) is 7.36. The van der Waals surface area contributed by atoms with E-state index >= 15 is 0 Å². The molecule has 2 heterocycles. The van der Waals surface area contributed by atoms with Crippen molar-refractivity contribution >= 4 is 14.7 Å². The topological polar surface area (TPSA) is 63.5 Å². The molecule has 0 spiro atoms. The minimum atomic E-state index is -0.661. The van der Waals surface area contributed by atoms with Crippen LogP contribution in [0.25, 0.3) is 0 Å². The number of aliphatic hydroxyl groups excluding tert-OH is 1. The van der Waals surface area contributed by atoms with Crippen molar-refractivity contribution in [1.29, 1.82) is 0 Å². The second kappa shape index (κ2) is 11.8. The normalized spacial score (nSPS) is 18.0. The van der Waals surface area contributed by atoms with Crippen molar-refractivity contribution in [3.8, 4) is 17.2 Å². The molecule has 1 fully saturated rings. The second-order valence-electron chi connectivity index (χ2n) is 8.73. The largest absolute Gasteiger partial charge is 0.497 e. The van der Waals surface area contributed by atoms with E-state index in [0.717, 1.165) is 73.8 Å². The van der Waals surface area contributed by atoms with Crippen LogP contribution in [-0.4, -0.2) is 61.5 Å². The molecule has 2 aliphatic rings. The maximum absolute atomic E-state index is 11.3. The third kappa shape index (κ3) is 6.69. The van der Waals surface area contributed by atoms with Crippen LogP contribution in [0.15, 0.2) is 47.5 Å². The van der Waals surface area contributed by atoms with Crippen molar-refractivity contribution in [2.75, 3.05) is 40.0 Å². The van der Waals surface area contributed by atoms with Crippen LogP contribution in [0, 0.1) is 0 Å². The molecule has 3 atom stereocenters. The van der Waals surface area contributed by atoms with E-state index in [0.29, 0.717) is 6.61 Å². The van der Waals surface area contributed by atoms with E-state index in [2.05, 4.69) is 20.2 Å². The van der Waals surface area contributed by atoms with Gasteiger partial charge in [0.1, 0.15) is 23.4 Å². The Kier molecular flexibility index (Phi) is 8.60. The minimum absolute atomic E-state index is 0.211. The van der Waals surface area contributed by atoms with Crippen molar-refractivity contribution in [3.05, 3.63) is 53.6 Å². The molecule has 2 aromatic rings. The number of aliphatic hydroxyl groups is 1. The van der Waals surface area contributed by atoms with Crippen LogP contribution in [-0.2, 0) is 6.42 Å². The second-order valence-corrected chi connectivity index (χ2v) is 9.40. The molecule has 0 aliphatic carbocycles. The summed E-state index contributed by atoms with van der Waals surface area (Å²) < 4.78 is 16.7. The van der Waals surface area contributed by atoms with Gasteiger partial charge >= 0.3 is 0 Å². The van der Waals surface area contributed by atoms with E-state index < -0.39 is 6.10 Å². The third-order valence-electron chi connectivity index (χ3n) is 6.31. The summed E-state index contributed by atoms with van der Waals surface area (Å²) in [6.07, 6.45) is 4.37. The van der Waals surface area contributed by atoms with Gasteiger partial charge < -0.3 is 24.2 Å². The van der Waals surface area contributed by atoms with Crippen molar-refractivity contribution in [1.82, 2.24) is 4.90 Å². The highest BCUT2D eigenvalue weighted by Gasteiger charge is 2.26. The predicted molar refractivity (Wildman–Crippen MR) is 135 cm³/mol. The highest BCUT2D eigenvalue weighted by molar-refractivity contribution is 7.40. The van der Waals surface area contributed by atoms with E-state index in [9.17, 15) is 5.11 Å². The molecule has 0 radical (unpaired) electrons. The lowest BCUT2D eigenvalue weighted by Gasteiger charge is -2.26. The molecule has 33 heavy (non-hydrogen) atoms. The van der Waals surface area contributed by atoms with Crippen LogP contribution in [0.5, 0.6) is 17.2 Å². The first-order valence-electron chi connectivity index (χ1n) is 11.9. The molecule has 1 unspecified atom stereocenters. The molecule has 2 aromatic carbocycles. The fourth-order valence-corrected chi connectivity index (χ4v) is 4.82. The zero-order valence-electron chi connectivity index (χ0n) is 19.4. The van der Waals surface area contributed by atoms with Gasteiger partial charge in [-0.3, -0.25) is 4.99 Å². The summed E-state index contributed by atoms with van der Waals surface area (Å²) in [5.74, 6) is 2.55. The Balaban J connectivity index is 1.35. The summed E-state index contributed by atoms with van der Waals surface area (Å²) in [6.45, 7) is 4.25. The average molecular weight is 471 g/mol. The van der Waals surface area contributed by atoms with Gasteiger partial charge in [-0.1, -0.05) is 21.4 Å². The number of nitrogens with zero attached hydrogens (tertiary/aromatic N) is 2. The molecule has 1 saturated heterocycles. The molecule has 6 nitrogen and oxygen atoms in total. The molecular weight excluding hydrogens is 435 g/mol. The summed E-state index contributed by atoms with van der Waals surface area (Å²) in [5.41, 5.74) is 3.06. The Hall–Kier alpha value is -2.14. The van der Waals surface area contributed by atoms with Crippen molar-refractivity contribution in [2.45, 2.75) is 44.2 Å². The number of rotatable bonds is 11. The average Bonchev–Trinajstić information content (AvgIpc) is 3.53. The Morgan fingerprint density at radius 3 is 2.67 bits per heavy atom. The van der Waals surface area contributed by atoms with Gasteiger partial charge in [0.25, 0.3) is 0 Å². The summed E-state index contributed by atoms with van der Waals surface area (Å²) in [5, 5.41) is 11.3. The maximum Gasteiger partial charge on any atom is 0.122 e. The maximum atomic E-state index is 11.3. The fourth-order valence-electron chi connectivity index (χ4n) is 4.42. The molecule has 0 saturated carbocycles. The van der Waals surface area contributed by atoms with E-state index in [4.69, 9.17) is 19.2 Å². The number of aliphatic imine (C=N–C) groups is 1. The first-order valence-corrected chi connectivity index (χ1v) is 12.4. The van der Waals surface area contributed by atoms with Crippen LogP contribution in [0.4, 0.5) is 0 Å². The number of hydrogen-bond acceptors (Lipinski definition) is 6.